The van der Waals surface area contributed by atoms with Gasteiger partial charge in [-0.25, -0.2) is 9.59 Å². The fourth-order valence-electron chi connectivity index (χ4n) is 1.78. The largest absolute Gasteiger partial charge is 0.478 e. The van der Waals surface area contributed by atoms with Gasteiger partial charge in [0, 0.05) is 0 Å². The molecule has 0 bridgehead atoms. The van der Waals surface area contributed by atoms with E-state index in [1.807, 2.05) is 0 Å². The van der Waals surface area contributed by atoms with Crippen molar-refractivity contribution < 1.29 is 19.4 Å². The molecule has 1 N–H and O–H groups in total. The van der Waals surface area contributed by atoms with E-state index < -0.39 is 11.9 Å². The summed E-state index contributed by atoms with van der Waals surface area (Å²) in [7, 11) is 1.28. The van der Waals surface area contributed by atoms with Gasteiger partial charge in [-0.1, -0.05) is 29.8 Å². The first-order valence-electron chi connectivity index (χ1n) is 5.74. The summed E-state index contributed by atoms with van der Waals surface area (Å²) in [6, 6.07) is 11.3. The maximum absolute atomic E-state index is 11.6. The smallest absolute Gasteiger partial charge is 0.339 e. The Hall–Kier alpha value is -2.33. The summed E-state index contributed by atoms with van der Waals surface area (Å²) in [5, 5.41) is 9.16. The van der Waals surface area contributed by atoms with Gasteiger partial charge in [0.05, 0.1) is 23.3 Å². The second-order valence-corrected chi connectivity index (χ2v) is 4.48. The molecule has 2 aromatic carbocycles. The maximum atomic E-state index is 11.6. The van der Waals surface area contributed by atoms with Crippen LogP contribution in [-0.4, -0.2) is 24.2 Å². The highest BCUT2D eigenvalue weighted by Gasteiger charge is 2.12. The lowest BCUT2D eigenvalue weighted by Crippen LogP contribution is -2.02. The van der Waals surface area contributed by atoms with Crippen LogP contribution in [0.15, 0.2) is 42.5 Å². The highest BCUT2D eigenvalue weighted by atomic mass is 35.5. The molecule has 0 aliphatic heterocycles. The molecule has 0 atom stereocenters. The molecule has 0 radical (unpaired) electrons. The third-order valence-corrected chi connectivity index (χ3v) is 3.17. The fraction of sp³-hybridized carbons (Fsp3) is 0.0667. The topological polar surface area (TPSA) is 63.6 Å². The van der Waals surface area contributed by atoms with Crippen molar-refractivity contribution in [1.29, 1.82) is 0 Å². The van der Waals surface area contributed by atoms with Crippen LogP contribution in [0.25, 0.3) is 11.1 Å². The highest BCUT2D eigenvalue weighted by molar-refractivity contribution is 6.33. The van der Waals surface area contributed by atoms with E-state index in [9.17, 15) is 9.59 Å². The number of benzene rings is 2. The van der Waals surface area contributed by atoms with Crippen molar-refractivity contribution in [2.75, 3.05) is 7.11 Å². The van der Waals surface area contributed by atoms with Gasteiger partial charge in [-0.15, -0.1) is 0 Å². The van der Waals surface area contributed by atoms with Gasteiger partial charge in [0.1, 0.15) is 0 Å². The van der Waals surface area contributed by atoms with E-state index in [0.29, 0.717) is 5.02 Å². The molecule has 0 aromatic heterocycles. The van der Waals surface area contributed by atoms with Crippen LogP contribution in [0.3, 0.4) is 0 Å². The summed E-state index contributed by atoms with van der Waals surface area (Å²) in [4.78, 5) is 22.4. The Labute approximate surface area is 120 Å². The van der Waals surface area contributed by atoms with E-state index in [1.54, 1.807) is 30.3 Å². The highest BCUT2D eigenvalue weighted by Crippen LogP contribution is 2.26. The molecule has 0 aliphatic rings. The summed E-state index contributed by atoms with van der Waals surface area (Å²) in [6.07, 6.45) is 0. The van der Waals surface area contributed by atoms with Gasteiger partial charge in [-0.2, -0.15) is 0 Å². The third kappa shape index (κ3) is 2.81. The molecule has 0 aliphatic carbocycles. The molecule has 0 unspecified atom stereocenters. The Kier molecular flexibility index (Phi) is 4.05. The first-order chi connectivity index (χ1) is 9.52. The van der Waals surface area contributed by atoms with Crippen LogP contribution in [0.1, 0.15) is 20.7 Å². The summed E-state index contributed by atoms with van der Waals surface area (Å²) in [5.41, 5.74) is 2.02. The minimum Gasteiger partial charge on any atom is -0.478 e. The van der Waals surface area contributed by atoms with Crippen LogP contribution < -0.4 is 0 Å². The number of rotatable bonds is 3. The van der Waals surface area contributed by atoms with Gasteiger partial charge in [0.2, 0.25) is 0 Å². The Morgan fingerprint density at radius 2 is 1.65 bits per heavy atom. The first kappa shape index (κ1) is 14.1. The Bertz CT molecular complexity index is 662. The van der Waals surface area contributed by atoms with E-state index in [2.05, 4.69) is 4.74 Å². The number of aromatic carboxylic acids is 1. The SMILES string of the molecule is COC(=O)c1cc(-c2ccc(C(=O)O)cc2)ccc1Cl. The molecular weight excluding hydrogens is 280 g/mol. The van der Waals surface area contributed by atoms with E-state index in [1.165, 1.54) is 19.2 Å². The van der Waals surface area contributed by atoms with Crippen molar-refractivity contribution in [1.82, 2.24) is 0 Å². The van der Waals surface area contributed by atoms with Crippen LogP contribution >= 0.6 is 11.6 Å². The first-order valence-corrected chi connectivity index (χ1v) is 6.12. The van der Waals surface area contributed by atoms with E-state index >= 15 is 0 Å². The van der Waals surface area contributed by atoms with E-state index in [0.717, 1.165) is 11.1 Å². The lowest BCUT2D eigenvalue weighted by atomic mass is 10.0. The third-order valence-electron chi connectivity index (χ3n) is 2.84. The monoisotopic (exact) mass is 290 g/mol. The number of carboxylic acids is 1. The van der Waals surface area contributed by atoms with Crippen LogP contribution in [0, 0.1) is 0 Å². The number of esters is 1. The van der Waals surface area contributed by atoms with Crippen molar-refractivity contribution >= 4 is 23.5 Å². The van der Waals surface area contributed by atoms with Gasteiger partial charge in [-0.05, 0) is 35.4 Å². The zero-order valence-corrected chi connectivity index (χ0v) is 11.3. The molecular formula is C15H11ClO4. The van der Waals surface area contributed by atoms with Crippen molar-refractivity contribution in [2.24, 2.45) is 0 Å². The number of methoxy groups -OCH3 is 1. The minimum absolute atomic E-state index is 0.205. The van der Waals surface area contributed by atoms with Crippen molar-refractivity contribution in [3.63, 3.8) is 0 Å². The summed E-state index contributed by atoms with van der Waals surface area (Å²) in [5.74, 6) is -1.50. The van der Waals surface area contributed by atoms with E-state index in [4.69, 9.17) is 16.7 Å². The quantitative estimate of drug-likeness (QED) is 0.879. The van der Waals surface area contributed by atoms with Crippen molar-refractivity contribution in [3.8, 4) is 11.1 Å². The average Bonchev–Trinajstić information content (AvgIpc) is 2.47. The number of carbonyl (C=O) groups excluding carboxylic acids is 1. The second kappa shape index (κ2) is 5.75. The lowest BCUT2D eigenvalue weighted by Gasteiger charge is -2.07. The van der Waals surface area contributed by atoms with Crippen LogP contribution in [0.5, 0.6) is 0 Å². The molecule has 0 heterocycles. The molecule has 2 rings (SSSR count). The van der Waals surface area contributed by atoms with Gasteiger partial charge >= 0.3 is 11.9 Å². The van der Waals surface area contributed by atoms with Gasteiger partial charge in [0.25, 0.3) is 0 Å². The number of halogens is 1. The Morgan fingerprint density at radius 1 is 1.05 bits per heavy atom. The molecule has 0 spiro atoms. The summed E-state index contributed by atoms with van der Waals surface area (Å²) >= 11 is 5.95. The van der Waals surface area contributed by atoms with Gasteiger partial charge < -0.3 is 9.84 Å². The average molecular weight is 291 g/mol. The molecule has 0 amide bonds. The molecule has 20 heavy (non-hydrogen) atoms. The predicted octanol–water partition coefficient (Wildman–Crippen LogP) is 3.49. The molecule has 2 aromatic rings. The van der Waals surface area contributed by atoms with Crippen LogP contribution in [0.4, 0.5) is 0 Å². The Morgan fingerprint density at radius 3 is 2.20 bits per heavy atom. The summed E-state index contributed by atoms with van der Waals surface area (Å²) in [6.45, 7) is 0. The number of hydrogen-bond donors (Lipinski definition) is 1. The normalized spacial score (nSPS) is 10.1. The number of ether oxygens (including phenoxy) is 1. The molecule has 0 saturated heterocycles. The number of hydrogen-bond acceptors (Lipinski definition) is 3. The van der Waals surface area contributed by atoms with Gasteiger partial charge in [0.15, 0.2) is 0 Å². The zero-order valence-electron chi connectivity index (χ0n) is 10.6. The molecule has 102 valence electrons. The zero-order chi connectivity index (χ0) is 14.7. The molecule has 5 heteroatoms. The molecule has 4 nitrogen and oxygen atoms in total. The minimum atomic E-state index is -0.983. The second-order valence-electron chi connectivity index (χ2n) is 4.07. The van der Waals surface area contributed by atoms with Crippen molar-refractivity contribution in [3.05, 3.63) is 58.6 Å². The van der Waals surface area contributed by atoms with Gasteiger partial charge in [-0.3, -0.25) is 0 Å². The summed E-state index contributed by atoms with van der Waals surface area (Å²) < 4.78 is 4.66. The Balaban J connectivity index is 2.42. The molecule has 0 saturated carbocycles. The standard InChI is InChI=1S/C15H11ClO4/c1-20-15(19)12-8-11(6-7-13(12)16)9-2-4-10(5-3-9)14(17)18/h2-8H,1H3,(H,17,18). The number of carboxylic acid groups (broad SMARTS) is 1. The number of carbonyl (C=O) groups is 2. The predicted molar refractivity (Wildman–Crippen MR) is 75.2 cm³/mol. The van der Waals surface area contributed by atoms with Crippen molar-refractivity contribution in [2.45, 2.75) is 0 Å². The lowest BCUT2D eigenvalue weighted by molar-refractivity contribution is 0.0600. The van der Waals surface area contributed by atoms with Crippen LogP contribution in [0.2, 0.25) is 5.02 Å². The molecule has 0 fully saturated rings. The fourth-order valence-corrected chi connectivity index (χ4v) is 1.97. The van der Waals surface area contributed by atoms with Crippen LogP contribution in [-0.2, 0) is 4.74 Å². The maximum Gasteiger partial charge on any atom is 0.339 e. The van der Waals surface area contributed by atoms with E-state index in [-0.39, 0.29) is 11.1 Å².